The third-order valence-electron chi connectivity index (χ3n) is 6.10. The summed E-state index contributed by atoms with van der Waals surface area (Å²) in [6.45, 7) is 0.398. The molecule has 0 spiro atoms. The van der Waals surface area contributed by atoms with Crippen LogP contribution < -0.4 is 4.31 Å². The van der Waals surface area contributed by atoms with Crippen molar-refractivity contribution in [2.75, 3.05) is 10.8 Å². The van der Waals surface area contributed by atoms with Crippen molar-refractivity contribution in [1.82, 2.24) is 0 Å². The first-order valence-electron chi connectivity index (χ1n) is 11.0. The first kappa shape index (κ1) is 22.1. The Balaban J connectivity index is 1.67. The Hall–Kier alpha value is -3.12. The molecule has 6 heteroatoms. The molecule has 0 unspecified atom stereocenters. The van der Waals surface area contributed by atoms with Gasteiger partial charge < -0.3 is 5.11 Å². The highest BCUT2D eigenvalue weighted by atomic mass is 32.2. The molecule has 0 atom stereocenters. The van der Waals surface area contributed by atoms with Gasteiger partial charge in [0.2, 0.25) is 0 Å². The topological polar surface area (TPSA) is 74.7 Å². The summed E-state index contributed by atoms with van der Waals surface area (Å²) < 4.78 is 28.8. The molecule has 32 heavy (non-hydrogen) atoms. The van der Waals surface area contributed by atoms with Crippen molar-refractivity contribution in [3.63, 3.8) is 0 Å². The average Bonchev–Trinajstić information content (AvgIpc) is 2.84. The van der Waals surface area contributed by atoms with Gasteiger partial charge in [0.15, 0.2) is 0 Å². The van der Waals surface area contributed by atoms with Gasteiger partial charge in [-0.2, -0.15) is 0 Å². The van der Waals surface area contributed by atoms with E-state index in [1.165, 1.54) is 22.9 Å². The number of nitrogens with zero attached hydrogens (tertiary/aromatic N) is 1. The number of rotatable bonds is 7. The summed E-state index contributed by atoms with van der Waals surface area (Å²) in [5.41, 5.74) is 2.61. The number of carboxylic acid groups (broad SMARTS) is 1. The molecule has 0 heterocycles. The molecule has 1 N–H and O–H groups in total. The van der Waals surface area contributed by atoms with Gasteiger partial charge in [0.05, 0.1) is 16.1 Å². The van der Waals surface area contributed by atoms with Crippen LogP contribution in [0.1, 0.15) is 42.5 Å². The molecule has 1 aliphatic rings. The second-order valence-electron chi connectivity index (χ2n) is 8.28. The van der Waals surface area contributed by atoms with Gasteiger partial charge in [-0.1, -0.05) is 61.7 Å². The third kappa shape index (κ3) is 4.86. The molecule has 1 saturated carbocycles. The van der Waals surface area contributed by atoms with E-state index in [2.05, 4.69) is 0 Å². The quantitative estimate of drug-likeness (QED) is 0.493. The van der Waals surface area contributed by atoms with Crippen LogP contribution in [-0.2, 0) is 10.0 Å². The van der Waals surface area contributed by atoms with Crippen LogP contribution in [-0.4, -0.2) is 26.0 Å². The van der Waals surface area contributed by atoms with Gasteiger partial charge in [-0.25, -0.2) is 13.2 Å². The van der Waals surface area contributed by atoms with Gasteiger partial charge in [-0.15, -0.1) is 0 Å². The summed E-state index contributed by atoms with van der Waals surface area (Å²) in [5.74, 6) is -0.740. The minimum absolute atomic E-state index is 0.135. The number of hydrogen-bond acceptors (Lipinski definition) is 3. The molecule has 0 bridgehead atoms. The summed E-state index contributed by atoms with van der Waals surface area (Å²) in [5, 5.41) is 9.20. The molecule has 0 amide bonds. The van der Waals surface area contributed by atoms with Crippen LogP contribution in [0, 0.1) is 5.92 Å². The number of carboxylic acids is 1. The van der Waals surface area contributed by atoms with Crippen molar-refractivity contribution >= 4 is 21.7 Å². The Morgan fingerprint density at radius 2 is 1.41 bits per heavy atom. The molecule has 0 radical (unpaired) electrons. The van der Waals surface area contributed by atoms with Crippen LogP contribution in [0.3, 0.4) is 0 Å². The van der Waals surface area contributed by atoms with Gasteiger partial charge >= 0.3 is 5.97 Å². The summed E-state index contributed by atoms with van der Waals surface area (Å²) in [6.07, 6.45) is 5.43. The second-order valence-corrected chi connectivity index (χ2v) is 10.1. The first-order valence-corrected chi connectivity index (χ1v) is 12.4. The summed E-state index contributed by atoms with van der Waals surface area (Å²) in [7, 11) is -3.80. The van der Waals surface area contributed by atoms with Crippen molar-refractivity contribution in [3.05, 3.63) is 84.4 Å². The van der Waals surface area contributed by atoms with Crippen LogP contribution in [0.25, 0.3) is 11.1 Å². The molecule has 0 aliphatic heterocycles. The van der Waals surface area contributed by atoms with Crippen molar-refractivity contribution < 1.29 is 18.3 Å². The maximum absolute atomic E-state index is 13.7. The van der Waals surface area contributed by atoms with Crippen LogP contribution in [0.2, 0.25) is 0 Å². The Kier molecular flexibility index (Phi) is 6.61. The van der Waals surface area contributed by atoms with Gasteiger partial charge in [-0.3, -0.25) is 4.31 Å². The van der Waals surface area contributed by atoms with Crippen molar-refractivity contribution in [3.8, 4) is 11.1 Å². The molecular weight excluding hydrogens is 422 g/mol. The molecule has 0 saturated heterocycles. The molecule has 0 aromatic heterocycles. The van der Waals surface area contributed by atoms with E-state index in [9.17, 15) is 18.3 Å². The lowest BCUT2D eigenvalue weighted by Crippen LogP contribution is -2.36. The van der Waals surface area contributed by atoms with Crippen LogP contribution in [0.15, 0.2) is 83.8 Å². The van der Waals surface area contributed by atoms with Crippen molar-refractivity contribution in [2.24, 2.45) is 5.92 Å². The molecule has 3 aromatic rings. The van der Waals surface area contributed by atoms with Gasteiger partial charge in [0, 0.05) is 6.54 Å². The monoisotopic (exact) mass is 449 g/mol. The highest BCUT2D eigenvalue weighted by Crippen LogP contribution is 2.31. The second kappa shape index (κ2) is 9.57. The van der Waals surface area contributed by atoms with E-state index in [4.69, 9.17) is 0 Å². The number of aromatic carboxylic acids is 1. The van der Waals surface area contributed by atoms with Crippen LogP contribution >= 0.6 is 0 Å². The fourth-order valence-corrected chi connectivity index (χ4v) is 5.83. The average molecular weight is 450 g/mol. The maximum atomic E-state index is 13.7. The summed E-state index contributed by atoms with van der Waals surface area (Å²) >= 11 is 0. The zero-order valence-electron chi connectivity index (χ0n) is 17.9. The molecule has 3 aromatic carbocycles. The fourth-order valence-electron chi connectivity index (χ4n) is 4.29. The van der Waals surface area contributed by atoms with Crippen molar-refractivity contribution in [2.45, 2.75) is 37.0 Å². The van der Waals surface area contributed by atoms with Crippen molar-refractivity contribution in [1.29, 1.82) is 0 Å². The zero-order valence-corrected chi connectivity index (χ0v) is 18.7. The molecule has 166 valence electrons. The summed E-state index contributed by atoms with van der Waals surface area (Å²) in [6, 6.07) is 22.9. The Bertz CT molecular complexity index is 1150. The molecule has 4 rings (SSSR count). The highest BCUT2D eigenvalue weighted by molar-refractivity contribution is 7.92. The molecule has 1 fully saturated rings. The normalized spacial score (nSPS) is 14.8. The van der Waals surface area contributed by atoms with Crippen LogP contribution in [0.4, 0.5) is 5.69 Å². The number of anilines is 1. The van der Waals surface area contributed by atoms with E-state index in [0.717, 1.165) is 36.8 Å². The zero-order chi connectivity index (χ0) is 22.6. The van der Waals surface area contributed by atoms with E-state index in [1.807, 2.05) is 42.5 Å². The Labute approximate surface area is 189 Å². The molecular formula is C26H27NO4S. The number of sulfonamides is 1. The van der Waals surface area contributed by atoms with E-state index in [-0.39, 0.29) is 10.5 Å². The highest BCUT2D eigenvalue weighted by Gasteiger charge is 2.28. The van der Waals surface area contributed by atoms with Gasteiger partial charge in [0.25, 0.3) is 10.0 Å². The minimum atomic E-state index is -3.80. The lowest BCUT2D eigenvalue weighted by Gasteiger charge is -2.31. The Morgan fingerprint density at radius 3 is 2.00 bits per heavy atom. The van der Waals surface area contributed by atoms with E-state index >= 15 is 0 Å². The van der Waals surface area contributed by atoms with Gasteiger partial charge in [0.1, 0.15) is 0 Å². The maximum Gasteiger partial charge on any atom is 0.335 e. The summed E-state index contributed by atoms with van der Waals surface area (Å²) in [4.78, 5) is 11.5. The lowest BCUT2D eigenvalue weighted by molar-refractivity contribution is 0.0697. The molecule has 5 nitrogen and oxygen atoms in total. The number of carbonyl (C=O) groups is 1. The number of benzene rings is 3. The standard InChI is InChI=1S/C26H27NO4S/c28-26(29)23-11-15-24(16-12-23)27(19-20-7-3-1-4-8-20)32(30,31)25-17-13-22(14-18-25)21-9-5-2-6-10-21/h2,5-6,9-18,20H,1,3-4,7-8,19H2,(H,28,29). The SMILES string of the molecule is O=C(O)c1ccc(N(CC2CCCCC2)S(=O)(=O)c2ccc(-c3ccccc3)cc2)cc1. The van der Waals surface area contributed by atoms with Crippen LogP contribution in [0.5, 0.6) is 0 Å². The van der Waals surface area contributed by atoms with Gasteiger partial charge in [-0.05, 0) is 66.3 Å². The number of hydrogen-bond donors (Lipinski definition) is 1. The first-order chi connectivity index (χ1) is 15.4. The van der Waals surface area contributed by atoms with E-state index < -0.39 is 16.0 Å². The Morgan fingerprint density at radius 1 is 0.812 bits per heavy atom. The molecule has 1 aliphatic carbocycles. The fraction of sp³-hybridized carbons (Fsp3) is 0.269. The lowest BCUT2D eigenvalue weighted by atomic mass is 9.89. The minimum Gasteiger partial charge on any atom is -0.478 e. The van der Waals surface area contributed by atoms with E-state index in [0.29, 0.717) is 18.2 Å². The largest absolute Gasteiger partial charge is 0.478 e. The smallest absolute Gasteiger partial charge is 0.335 e. The predicted octanol–water partition coefficient (Wildman–Crippen LogP) is 5.83. The third-order valence-corrected chi connectivity index (χ3v) is 7.91. The predicted molar refractivity (Wildman–Crippen MR) is 126 cm³/mol. The van der Waals surface area contributed by atoms with E-state index in [1.54, 1.807) is 24.3 Å².